The van der Waals surface area contributed by atoms with E-state index >= 15 is 0 Å². The van der Waals surface area contributed by atoms with E-state index in [0.29, 0.717) is 23.3 Å². The van der Waals surface area contributed by atoms with Crippen molar-refractivity contribution in [2.75, 3.05) is 33.1 Å². The number of pyridine rings is 2. The second kappa shape index (κ2) is 8.43. The van der Waals surface area contributed by atoms with Crippen LogP contribution in [0.2, 0.25) is 0 Å². The molecule has 3 heterocycles. The van der Waals surface area contributed by atoms with Crippen molar-refractivity contribution in [3.63, 3.8) is 0 Å². The highest BCUT2D eigenvalue weighted by atomic mass is 16.5. The summed E-state index contributed by atoms with van der Waals surface area (Å²) in [6.45, 7) is 1.01. The zero-order chi connectivity index (χ0) is 22.2. The number of amides is 1. The average molecular weight is 436 g/mol. The minimum absolute atomic E-state index is 0.0569. The van der Waals surface area contributed by atoms with Crippen LogP contribution in [0.5, 0.6) is 11.6 Å². The van der Waals surface area contributed by atoms with Crippen molar-refractivity contribution in [3.05, 3.63) is 30.6 Å². The number of rotatable bonds is 9. The number of H-pyrrole nitrogens is 1. The van der Waals surface area contributed by atoms with Crippen molar-refractivity contribution < 1.29 is 14.3 Å². The summed E-state index contributed by atoms with van der Waals surface area (Å²) >= 11 is 0. The van der Waals surface area contributed by atoms with E-state index in [1.807, 2.05) is 24.4 Å². The van der Waals surface area contributed by atoms with Gasteiger partial charge in [0.2, 0.25) is 11.8 Å². The van der Waals surface area contributed by atoms with Crippen molar-refractivity contribution in [2.45, 2.75) is 31.8 Å². The molecule has 0 aromatic carbocycles. The van der Waals surface area contributed by atoms with Crippen molar-refractivity contribution in [1.82, 2.24) is 19.9 Å². The SMILES string of the molecule is COc1nccc(OC2CC2)c1-c1c[nH]c2nc(NC(=O)[C@H]3C[C@@H]3CCN(C)C)ccc12. The lowest BCUT2D eigenvalue weighted by atomic mass is 10.1. The zero-order valence-corrected chi connectivity index (χ0v) is 18.7. The summed E-state index contributed by atoms with van der Waals surface area (Å²) < 4.78 is 11.6. The number of anilines is 1. The molecule has 0 saturated heterocycles. The van der Waals surface area contributed by atoms with Gasteiger partial charge in [0.15, 0.2) is 0 Å². The van der Waals surface area contributed by atoms with Crippen LogP contribution in [0.3, 0.4) is 0 Å². The van der Waals surface area contributed by atoms with E-state index in [-0.39, 0.29) is 17.9 Å². The molecule has 32 heavy (non-hydrogen) atoms. The highest BCUT2D eigenvalue weighted by Gasteiger charge is 2.42. The van der Waals surface area contributed by atoms with Crippen molar-refractivity contribution in [1.29, 1.82) is 0 Å². The molecule has 168 valence electrons. The van der Waals surface area contributed by atoms with Crippen LogP contribution >= 0.6 is 0 Å². The van der Waals surface area contributed by atoms with Gasteiger partial charge in [-0.1, -0.05) is 0 Å². The van der Waals surface area contributed by atoms with Gasteiger partial charge in [0.05, 0.1) is 18.8 Å². The first-order valence-electron chi connectivity index (χ1n) is 11.2. The Morgan fingerprint density at radius 3 is 2.88 bits per heavy atom. The van der Waals surface area contributed by atoms with Gasteiger partial charge in [-0.15, -0.1) is 0 Å². The fraction of sp³-hybridized carbons (Fsp3) is 0.458. The number of aromatic amines is 1. The van der Waals surface area contributed by atoms with Gasteiger partial charge in [0, 0.05) is 29.3 Å². The Morgan fingerprint density at radius 2 is 2.12 bits per heavy atom. The van der Waals surface area contributed by atoms with Gasteiger partial charge in [-0.2, -0.15) is 0 Å². The molecule has 3 aromatic heterocycles. The fourth-order valence-electron chi connectivity index (χ4n) is 4.10. The molecular formula is C24H29N5O3. The monoisotopic (exact) mass is 435 g/mol. The van der Waals surface area contributed by atoms with E-state index < -0.39 is 0 Å². The molecule has 2 N–H and O–H groups in total. The number of aromatic nitrogens is 3. The molecule has 8 heteroatoms. The first-order valence-corrected chi connectivity index (χ1v) is 11.2. The molecule has 2 aliphatic rings. The number of ether oxygens (including phenoxy) is 2. The molecule has 5 rings (SSSR count). The molecule has 3 aromatic rings. The lowest BCUT2D eigenvalue weighted by molar-refractivity contribution is -0.117. The number of methoxy groups -OCH3 is 1. The predicted molar refractivity (Wildman–Crippen MR) is 123 cm³/mol. The van der Waals surface area contributed by atoms with E-state index in [2.05, 4.69) is 39.3 Å². The Hall–Kier alpha value is -3.13. The predicted octanol–water partition coefficient (Wildman–Crippen LogP) is 3.70. The maximum absolute atomic E-state index is 12.6. The van der Waals surface area contributed by atoms with Crippen molar-refractivity contribution >= 4 is 22.8 Å². The average Bonchev–Trinajstić information content (AvgIpc) is 3.70. The number of hydrogen-bond donors (Lipinski definition) is 2. The number of fused-ring (bicyclic) bond motifs is 1. The van der Waals surface area contributed by atoms with Crippen LogP contribution in [0.25, 0.3) is 22.2 Å². The van der Waals surface area contributed by atoms with Gasteiger partial charge >= 0.3 is 0 Å². The summed E-state index contributed by atoms with van der Waals surface area (Å²) in [5.74, 6) is 2.45. The van der Waals surface area contributed by atoms with E-state index in [1.54, 1.807) is 13.3 Å². The molecule has 0 radical (unpaired) electrons. The molecule has 0 spiro atoms. The number of carbonyl (C=O) groups is 1. The van der Waals surface area contributed by atoms with Crippen LogP contribution in [0.1, 0.15) is 25.7 Å². The van der Waals surface area contributed by atoms with E-state index in [1.165, 1.54) is 0 Å². The van der Waals surface area contributed by atoms with Gasteiger partial charge in [-0.3, -0.25) is 4.79 Å². The summed E-state index contributed by atoms with van der Waals surface area (Å²) in [6.07, 6.45) is 7.99. The Kier molecular flexibility index (Phi) is 5.46. The van der Waals surface area contributed by atoms with E-state index in [4.69, 9.17) is 9.47 Å². The van der Waals surface area contributed by atoms with Crippen LogP contribution in [0, 0.1) is 11.8 Å². The third-order valence-corrected chi connectivity index (χ3v) is 6.16. The molecule has 2 atom stereocenters. The summed E-state index contributed by atoms with van der Waals surface area (Å²) in [5.41, 5.74) is 2.42. The largest absolute Gasteiger partial charge is 0.490 e. The molecular weight excluding hydrogens is 406 g/mol. The molecule has 2 fully saturated rings. The Morgan fingerprint density at radius 1 is 1.28 bits per heavy atom. The first kappa shape index (κ1) is 20.8. The summed E-state index contributed by atoms with van der Waals surface area (Å²) in [5, 5.41) is 3.91. The van der Waals surface area contributed by atoms with Gasteiger partial charge in [0.1, 0.15) is 17.2 Å². The quantitative estimate of drug-likeness (QED) is 0.532. The fourth-order valence-corrected chi connectivity index (χ4v) is 4.10. The van der Waals surface area contributed by atoms with Crippen LogP contribution in [-0.4, -0.2) is 59.6 Å². The number of nitrogens with one attached hydrogen (secondary N) is 2. The lowest BCUT2D eigenvalue weighted by Gasteiger charge is -2.13. The normalized spacial score (nSPS) is 19.9. The van der Waals surface area contributed by atoms with Gasteiger partial charge in [-0.05, 0) is 70.4 Å². The lowest BCUT2D eigenvalue weighted by Crippen LogP contribution is -2.18. The maximum atomic E-state index is 12.6. The summed E-state index contributed by atoms with van der Waals surface area (Å²) in [6, 6.07) is 5.69. The molecule has 0 bridgehead atoms. The third kappa shape index (κ3) is 4.27. The van der Waals surface area contributed by atoms with Gasteiger partial charge in [0.25, 0.3) is 0 Å². The molecule has 2 saturated carbocycles. The summed E-state index contributed by atoms with van der Waals surface area (Å²) in [4.78, 5) is 27.0. The summed E-state index contributed by atoms with van der Waals surface area (Å²) in [7, 11) is 5.73. The van der Waals surface area contributed by atoms with Gasteiger partial charge in [-0.25, -0.2) is 9.97 Å². The van der Waals surface area contributed by atoms with Crippen LogP contribution < -0.4 is 14.8 Å². The molecule has 0 aliphatic heterocycles. The number of carbonyl (C=O) groups excluding carboxylic acids is 1. The van der Waals surface area contributed by atoms with Crippen LogP contribution in [-0.2, 0) is 4.79 Å². The Bertz CT molecular complexity index is 1140. The van der Waals surface area contributed by atoms with E-state index in [9.17, 15) is 4.79 Å². The number of nitrogens with zero attached hydrogens (tertiary/aromatic N) is 3. The minimum Gasteiger partial charge on any atom is -0.490 e. The highest BCUT2D eigenvalue weighted by molar-refractivity contribution is 5.99. The molecule has 1 amide bonds. The topological polar surface area (TPSA) is 92.4 Å². The highest BCUT2D eigenvalue weighted by Crippen LogP contribution is 2.43. The van der Waals surface area contributed by atoms with E-state index in [0.717, 1.165) is 54.5 Å². The smallest absolute Gasteiger partial charge is 0.228 e. The Balaban J connectivity index is 1.36. The standard InChI is InChI=1S/C24H29N5O3/c1-29(2)11-9-14-12-17(14)23(30)28-20-7-6-16-18(13-26-22(16)27-20)21-19(32-15-4-5-15)8-10-25-24(21)31-3/h6-8,10,13-15,17H,4-5,9,11-12H2,1-3H3,(H2,26,27,28,30)/t14-,17-/m0/s1. The van der Waals surface area contributed by atoms with Crippen LogP contribution in [0.15, 0.2) is 30.6 Å². The second-order valence-corrected chi connectivity index (χ2v) is 8.99. The maximum Gasteiger partial charge on any atom is 0.228 e. The number of hydrogen-bond acceptors (Lipinski definition) is 6. The Labute approximate surface area is 187 Å². The minimum atomic E-state index is 0.0569. The first-order chi connectivity index (χ1) is 15.5. The van der Waals surface area contributed by atoms with Gasteiger partial charge < -0.3 is 24.7 Å². The van der Waals surface area contributed by atoms with Crippen molar-refractivity contribution in [3.8, 4) is 22.8 Å². The van der Waals surface area contributed by atoms with Crippen molar-refractivity contribution in [2.24, 2.45) is 11.8 Å². The molecule has 2 aliphatic carbocycles. The third-order valence-electron chi connectivity index (χ3n) is 6.16. The molecule has 8 nitrogen and oxygen atoms in total. The zero-order valence-electron chi connectivity index (χ0n) is 18.7. The molecule has 0 unspecified atom stereocenters. The van der Waals surface area contributed by atoms with Crippen LogP contribution in [0.4, 0.5) is 5.82 Å². The second-order valence-electron chi connectivity index (χ2n) is 8.99.